The number of carbonyl (C=O) groups excluding carboxylic acids is 1. The second-order valence-electron chi connectivity index (χ2n) is 4.55. The summed E-state index contributed by atoms with van der Waals surface area (Å²) in [6.07, 6.45) is 0.233. The molecular weight excluding hydrogens is 246 g/mol. The van der Waals surface area contributed by atoms with Gasteiger partial charge in [0.15, 0.2) is 0 Å². The van der Waals surface area contributed by atoms with Crippen LogP contribution >= 0.6 is 11.8 Å². The van der Waals surface area contributed by atoms with E-state index >= 15 is 0 Å². The van der Waals surface area contributed by atoms with Crippen LogP contribution in [-0.4, -0.2) is 29.4 Å². The molecule has 0 spiro atoms. The zero-order valence-corrected chi connectivity index (χ0v) is 12.0. The van der Waals surface area contributed by atoms with Crippen LogP contribution in [0.4, 0.5) is 0 Å². The summed E-state index contributed by atoms with van der Waals surface area (Å²) >= 11 is 1.55. The van der Waals surface area contributed by atoms with Gasteiger partial charge in [0.1, 0.15) is 0 Å². The number of aliphatic hydroxyl groups is 1. The Balaban J connectivity index is 2.36. The lowest BCUT2D eigenvalue weighted by Gasteiger charge is -2.08. The summed E-state index contributed by atoms with van der Waals surface area (Å²) in [5, 5.41) is 11.9. The van der Waals surface area contributed by atoms with E-state index in [2.05, 4.69) is 23.5 Å². The number of hydrogen-bond donors (Lipinski definition) is 2. The number of aryl methyl sites for hydroxylation is 2. The highest BCUT2D eigenvalue weighted by molar-refractivity contribution is 8.00. The van der Waals surface area contributed by atoms with Gasteiger partial charge in [-0.1, -0.05) is 17.7 Å². The Morgan fingerprint density at radius 2 is 2.17 bits per heavy atom. The first-order valence-corrected chi connectivity index (χ1v) is 7.12. The Hall–Kier alpha value is -1.00. The van der Waals surface area contributed by atoms with E-state index in [1.807, 2.05) is 13.8 Å². The Labute approximate surface area is 113 Å². The summed E-state index contributed by atoms with van der Waals surface area (Å²) in [5.41, 5.74) is 2.40. The van der Waals surface area contributed by atoms with Crippen LogP contribution in [0.2, 0.25) is 0 Å². The van der Waals surface area contributed by atoms with Gasteiger partial charge >= 0.3 is 0 Å². The zero-order chi connectivity index (χ0) is 13.5. The van der Waals surface area contributed by atoms with Crippen LogP contribution in [0, 0.1) is 13.8 Å². The summed E-state index contributed by atoms with van der Waals surface area (Å²) in [6, 6.07) is 6.24. The fraction of sp³-hybridized carbons (Fsp3) is 0.500. The van der Waals surface area contributed by atoms with Gasteiger partial charge in [-0.25, -0.2) is 0 Å². The highest BCUT2D eigenvalue weighted by Gasteiger charge is 2.05. The fourth-order valence-electron chi connectivity index (χ4n) is 1.48. The lowest BCUT2D eigenvalue weighted by Crippen LogP contribution is -2.27. The SMILES string of the molecule is Cc1ccc(C)c(SCC(=O)NCCC(C)O)c1. The Morgan fingerprint density at radius 1 is 1.44 bits per heavy atom. The van der Waals surface area contributed by atoms with E-state index in [0.717, 1.165) is 4.90 Å². The quantitative estimate of drug-likeness (QED) is 0.777. The monoisotopic (exact) mass is 267 g/mol. The van der Waals surface area contributed by atoms with E-state index in [1.54, 1.807) is 18.7 Å². The van der Waals surface area contributed by atoms with Gasteiger partial charge in [-0.3, -0.25) is 4.79 Å². The van der Waals surface area contributed by atoms with Crippen molar-refractivity contribution in [3.63, 3.8) is 0 Å². The maximum Gasteiger partial charge on any atom is 0.230 e. The molecule has 0 bridgehead atoms. The Morgan fingerprint density at radius 3 is 2.83 bits per heavy atom. The summed E-state index contributed by atoms with van der Waals surface area (Å²) in [6.45, 7) is 6.35. The van der Waals surface area contributed by atoms with Crippen molar-refractivity contribution < 1.29 is 9.90 Å². The second-order valence-corrected chi connectivity index (χ2v) is 5.56. The van der Waals surface area contributed by atoms with Crippen molar-refractivity contribution >= 4 is 17.7 Å². The summed E-state index contributed by atoms with van der Waals surface area (Å²) in [5.74, 6) is 0.436. The average Bonchev–Trinajstić information content (AvgIpc) is 2.30. The Bertz CT molecular complexity index is 405. The van der Waals surface area contributed by atoms with Gasteiger partial charge in [-0.15, -0.1) is 11.8 Å². The summed E-state index contributed by atoms with van der Waals surface area (Å²) in [4.78, 5) is 12.7. The van der Waals surface area contributed by atoms with Gasteiger partial charge in [-0.05, 0) is 38.8 Å². The number of hydrogen-bond acceptors (Lipinski definition) is 3. The first kappa shape index (κ1) is 15.1. The first-order valence-electron chi connectivity index (χ1n) is 6.14. The molecule has 1 atom stereocenters. The molecule has 4 heteroatoms. The van der Waals surface area contributed by atoms with Crippen molar-refractivity contribution in [1.82, 2.24) is 5.32 Å². The number of carbonyl (C=O) groups is 1. The van der Waals surface area contributed by atoms with Crippen LogP contribution in [-0.2, 0) is 4.79 Å². The number of benzene rings is 1. The van der Waals surface area contributed by atoms with E-state index in [0.29, 0.717) is 18.7 Å². The average molecular weight is 267 g/mol. The van der Waals surface area contributed by atoms with Crippen molar-refractivity contribution in [1.29, 1.82) is 0 Å². The third-order valence-electron chi connectivity index (χ3n) is 2.59. The highest BCUT2D eigenvalue weighted by Crippen LogP contribution is 2.23. The largest absolute Gasteiger partial charge is 0.393 e. The van der Waals surface area contributed by atoms with Crippen LogP contribution in [0.25, 0.3) is 0 Å². The van der Waals surface area contributed by atoms with Crippen LogP contribution in [0.15, 0.2) is 23.1 Å². The molecule has 2 N–H and O–H groups in total. The molecule has 1 rings (SSSR count). The minimum absolute atomic E-state index is 0.0153. The molecule has 1 aromatic rings. The van der Waals surface area contributed by atoms with Crippen molar-refractivity contribution in [2.75, 3.05) is 12.3 Å². The molecule has 1 aromatic carbocycles. The molecule has 0 aliphatic heterocycles. The van der Waals surface area contributed by atoms with Crippen molar-refractivity contribution in [3.8, 4) is 0 Å². The zero-order valence-electron chi connectivity index (χ0n) is 11.2. The molecule has 0 saturated carbocycles. The van der Waals surface area contributed by atoms with Crippen LogP contribution in [0.1, 0.15) is 24.5 Å². The van der Waals surface area contributed by atoms with E-state index < -0.39 is 0 Å². The van der Waals surface area contributed by atoms with Crippen molar-refractivity contribution in [2.45, 2.75) is 38.2 Å². The maximum absolute atomic E-state index is 11.6. The van der Waals surface area contributed by atoms with Gasteiger partial charge < -0.3 is 10.4 Å². The predicted molar refractivity (Wildman–Crippen MR) is 75.9 cm³/mol. The lowest BCUT2D eigenvalue weighted by atomic mass is 10.2. The van der Waals surface area contributed by atoms with Crippen LogP contribution in [0.3, 0.4) is 0 Å². The number of aliphatic hydroxyl groups excluding tert-OH is 1. The molecule has 100 valence electrons. The number of amides is 1. The van der Waals surface area contributed by atoms with E-state index in [9.17, 15) is 4.79 Å². The molecule has 3 nitrogen and oxygen atoms in total. The number of thioether (sulfide) groups is 1. The van der Waals surface area contributed by atoms with Gasteiger partial charge in [-0.2, -0.15) is 0 Å². The minimum Gasteiger partial charge on any atom is -0.393 e. The third kappa shape index (κ3) is 5.56. The normalized spacial score (nSPS) is 12.2. The molecule has 0 saturated heterocycles. The topological polar surface area (TPSA) is 49.3 Å². The second kappa shape index (κ2) is 7.44. The highest BCUT2D eigenvalue weighted by atomic mass is 32.2. The molecule has 1 unspecified atom stereocenters. The van der Waals surface area contributed by atoms with E-state index in [-0.39, 0.29) is 12.0 Å². The molecule has 0 aliphatic rings. The number of rotatable bonds is 6. The summed E-state index contributed by atoms with van der Waals surface area (Å²) < 4.78 is 0. The minimum atomic E-state index is -0.364. The number of nitrogens with one attached hydrogen (secondary N) is 1. The molecule has 0 heterocycles. The molecule has 0 fully saturated rings. The van der Waals surface area contributed by atoms with Gasteiger partial charge in [0, 0.05) is 11.4 Å². The van der Waals surface area contributed by atoms with Gasteiger partial charge in [0.05, 0.1) is 11.9 Å². The summed E-state index contributed by atoms with van der Waals surface area (Å²) in [7, 11) is 0. The van der Waals surface area contributed by atoms with Crippen molar-refractivity contribution in [3.05, 3.63) is 29.3 Å². The molecule has 0 radical (unpaired) electrons. The smallest absolute Gasteiger partial charge is 0.230 e. The third-order valence-corrected chi connectivity index (χ3v) is 3.74. The molecule has 1 amide bonds. The Kier molecular flexibility index (Phi) is 6.22. The van der Waals surface area contributed by atoms with Crippen molar-refractivity contribution in [2.24, 2.45) is 0 Å². The molecular formula is C14H21NO2S. The standard InChI is InChI=1S/C14H21NO2S/c1-10-4-5-11(2)13(8-10)18-9-14(17)15-7-6-12(3)16/h4-5,8,12,16H,6-7,9H2,1-3H3,(H,15,17). The van der Waals surface area contributed by atoms with E-state index in [4.69, 9.17) is 5.11 Å². The maximum atomic E-state index is 11.6. The van der Waals surface area contributed by atoms with Crippen LogP contribution in [0.5, 0.6) is 0 Å². The lowest BCUT2D eigenvalue weighted by molar-refractivity contribution is -0.118. The van der Waals surface area contributed by atoms with E-state index in [1.165, 1.54) is 11.1 Å². The molecule has 0 aromatic heterocycles. The molecule has 18 heavy (non-hydrogen) atoms. The van der Waals surface area contributed by atoms with Crippen LogP contribution < -0.4 is 5.32 Å². The first-order chi connectivity index (χ1) is 8.49. The predicted octanol–water partition coefficient (Wildman–Crippen LogP) is 2.28. The molecule has 0 aliphatic carbocycles. The van der Waals surface area contributed by atoms with Gasteiger partial charge in [0.2, 0.25) is 5.91 Å². The van der Waals surface area contributed by atoms with Gasteiger partial charge in [0.25, 0.3) is 0 Å². The fourth-order valence-corrected chi connectivity index (χ4v) is 2.43.